The van der Waals surface area contributed by atoms with E-state index < -0.39 is 0 Å². The zero-order valence-electron chi connectivity index (χ0n) is 9.84. The average Bonchev–Trinajstić information content (AvgIpc) is 2.40. The molecule has 0 bridgehead atoms. The number of amides is 1. The maximum absolute atomic E-state index is 11.8. The van der Waals surface area contributed by atoms with Gasteiger partial charge in [-0.25, -0.2) is 0 Å². The average molecular weight is 238 g/mol. The Morgan fingerprint density at radius 1 is 1.06 bits per heavy atom. The summed E-state index contributed by atoms with van der Waals surface area (Å²) in [5.74, 6) is -0.0538. The van der Waals surface area contributed by atoms with Crippen molar-refractivity contribution in [1.29, 1.82) is 0 Å². The van der Waals surface area contributed by atoms with Crippen molar-refractivity contribution in [3.8, 4) is 0 Å². The molecule has 0 aliphatic heterocycles. The predicted molar refractivity (Wildman–Crippen MR) is 72.8 cm³/mol. The van der Waals surface area contributed by atoms with E-state index in [4.69, 9.17) is 5.02 Å². The minimum atomic E-state index is -0.0538. The van der Waals surface area contributed by atoms with Crippen molar-refractivity contribution in [2.45, 2.75) is 6.42 Å². The second kappa shape index (κ2) is 6.03. The summed E-state index contributed by atoms with van der Waals surface area (Å²) in [5, 5.41) is 11.6. The molecule has 18 heavy (non-hydrogen) atoms. The smallest absolute Gasteiger partial charge is 0.326 e. The van der Waals surface area contributed by atoms with Crippen molar-refractivity contribution in [2.75, 3.05) is 5.32 Å². The van der Waals surface area contributed by atoms with E-state index in [0.717, 1.165) is 18.7 Å². The molecule has 0 fully saturated rings. The third kappa shape index (κ3) is 3.47. The first-order valence-corrected chi connectivity index (χ1v) is 5.69. The van der Waals surface area contributed by atoms with Gasteiger partial charge < -0.3 is 10.3 Å². The second-order valence-corrected chi connectivity index (χ2v) is 3.96. The van der Waals surface area contributed by atoms with Crippen molar-refractivity contribution in [1.82, 2.24) is 0 Å². The normalized spacial score (nSPS) is 9.83. The van der Waals surface area contributed by atoms with Crippen molar-refractivity contribution in [3.05, 3.63) is 60.2 Å². The van der Waals surface area contributed by atoms with Crippen LogP contribution in [0.15, 0.2) is 54.6 Å². The fraction of sp³-hybridized carbons (Fsp3) is 0.0714. The highest BCUT2D eigenvalue weighted by molar-refractivity contribution is 6.45. The highest BCUT2D eigenvalue weighted by Crippen LogP contribution is 2.06. The van der Waals surface area contributed by atoms with Gasteiger partial charge in [0.15, 0.2) is 0 Å². The lowest BCUT2D eigenvalue weighted by Gasteiger charge is -2.05. The van der Waals surface area contributed by atoms with E-state index in [1.807, 2.05) is 30.3 Å². The maximum Gasteiger partial charge on any atom is 0.326 e. The third-order valence-electron chi connectivity index (χ3n) is 2.55. The molecule has 0 spiro atoms. The van der Waals surface area contributed by atoms with Crippen LogP contribution in [-0.2, 0) is 11.2 Å². The van der Waals surface area contributed by atoms with Crippen molar-refractivity contribution in [3.63, 3.8) is 0 Å². The van der Waals surface area contributed by atoms with Crippen LogP contribution in [0, 0.1) is 0 Å². The summed E-state index contributed by atoms with van der Waals surface area (Å²) >= 11 is 0. The summed E-state index contributed by atoms with van der Waals surface area (Å²) in [4.78, 5) is 11.8. The first kappa shape index (κ1) is 12.4. The lowest BCUT2D eigenvalue weighted by molar-refractivity contribution is -0.115. The molecule has 0 saturated carbocycles. The number of carbonyl (C=O) groups excluding carboxylic acids is 1. The fourth-order valence-corrected chi connectivity index (χ4v) is 1.64. The Kier molecular flexibility index (Phi) is 4.15. The number of anilines is 1. The molecule has 89 valence electrons. The number of nitrogens with one attached hydrogen (secondary N) is 1. The molecule has 2 aromatic rings. The molecule has 4 heteroatoms. The molecule has 2 aromatic carbocycles. The number of rotatable bonds is 4. The van der Waals surface area contributed by atoms with Gasteiger partial charge in [0, 0.05) is 5.69 Å². The standard InChI is InChI=1S/C14H13BNO2/c17-14(10-11-4-2-1-3-5-11)16-13-8-6-12(15-18)7-9-13/h1-9,18H,10H2,(H,16,17). The lowest BCUT2D eigenvalue weighted by atomic mass is 9.89. The molecule has 2 N–H and O–H groups in total. The Hall–Kier alpha value is -2.07. The van der Waals surface area contributed by atoms with Crippen LogP contribution < -0.4 is 10.8 Å². The number of carbonyl (C=O) groups is 1. The summed E-state index contributed by atoms with van der Waals surface area (Å²) in [6, 6.07) is 16.6. The number of benzene rings is 2. The van der Waals surface area contributed by atoms with Gasteiger partial charge in [0.2, 0.25) is 5.91 Å². The zero-order chi connectivity index (χ0) is 12.8. The first-order chi connectivity index (χ1) is 8.78. The van der Waals surface area contributed by atoms with Crippen LogP contribution in [0.3, 0.4) is 0 Å². The van der Waals surface area contributed by atoms with Crippen LogP contribution in [0.5, 0.6) is 0 Å². The van der Waals surface area contributed by atoms with Gasteiger partial charge in [-0.3, -0.25) is 4.79 Å². The molecule has 3 nitrogen and oxygen atoms in total. The lowest BCUT2D eigenvalue weighted by Crippen LogP contribution is -2.16. The van der Waals surface area contributed by atoms with E-state index in [1.165, 1.54) is 0 Å². The third-order valence-corrected chi connectivity index (χ3v) is 2.55. The first-order valence-electron chi connectivity index (χ1n) is 5.69. The Morgan fingerprint density at radius 2 is 1.72 bits per heavy atom. The van der Waals surface area contributed by atoms with Crippen LogP contribution >= 0.6 is 0 Å². The Labute approximate surface area is 107 Å². The number of hydrogen-bond donors (Lipinski definition) is 2. The van der Waals surface area contributed by atoms with Gasteiger partial charge in [-0.1, -0.05) is 47.9 Å². The molecule has 2 rings (SSSR count). The van der Waals surface area contributed by atoms with Gasteiger partial charge in [0.25, 0.3) is 0 Å². The fourth-order valence-electron chi connectivity index (χ4n) is 1.64. The topological polar surface area (TPSA) is 49.3 Å². The Morgan fingerprint density at radius 3 is 2.33 bits per heavy atom. The van der Waals surface area contributed by atoms with E-state index in [2.05, 4.69) is 5.32 Å². The van der Waals surface area contributed by atoms with Gasteiger partial charge >= 0.3 is 7.48 Å². The van der Waals surface area contributed by atoms with Crippen molar-refractivity contribution >= 4 is 24.5 Å². The summed E-state index contributed by atoms with van der Waals surface area (Å²) in [7, 11) is 1.02. The van der Waals surface area contributed by atoms with Crippen LogP contribution in [0.1, 0.15) is 5.56 Å². The quantitative estimate of drug-likeness (QED) is 0.783. The highest BCUT2D eigenvalue weighted by Gasteiger charge is 2.03. The van der Waals surface area contributed by atoms with Crippen LogP contribution in [0.2, 0.25) is 0 Å². The van der Waals surface area contributed by atoms with Gasteiger partial charge in [0.05, 0.1) is 6.42 Å². The molecule has 0 aromatic heterocycles. The van der Waals surface area contributed by atoms with Gasteiger partial charge in [-0.2, -0.15) is 0 Å². The molecular formula is C14H13BNO2. The van der Waals surface area contributed by atoms with E-state index in [-0.39, 0.29) is 5.91 Å². The minimum absolute atomic E-state index is 0.0538. The number of hydrogen-bond acceptors (Lipinski definition) is 2. The van der Waals surface area contributed by atoms with Crippen LogP contribution in [0.4, 0.5) is 5.69 Å². The van der Waals surface area contributed by atoms with Crippen molar-refractivity contribution < 1.29 is 9.82 Å². The molecule has 0 aliphatic carbocycles. The van der Waals surface area contributed by atoms with Gasteiger partial charge in [-0.15, -0.1) is 0 Å². The molecule has 0 unspecified atom stereocenters. The highest BCUT2D eigenvalue weighted by atomic mass is 16.2. The maximum atomic E-state index is 11.8. The molecule has 1 radical (unpaired) electrons. The van der Waals surface area contributed by atoms with Crippen molar-refractivity contribution in [2.24, 2.45) is 0 Å². The molecule has 1 amide bonds. The van der Waals surface area contributed by atoms with Gasteiger partial charge in [0.1, 0.15) is 0 Å². The van der Waals surface area contributed by atoms with E-state index in [0.29, 0.717) is 11.9 Å². The second-order valence-electron chi connectivity index (χ2n) is 3.96. The van der Waals surface area contributed by atoms with E-state index in [9.17, 15) is 4.79 Å². The largest absolute Gasteiger partial charge is 0.450 e. The summed E-state index contributed by atoms with van der Waals surface area (Å²) < 4.78 is 0. The zero-order valence-corrected chi connectivity index (χ0v) is 9.84. The predicted octanol–water partition coefficient (Wildman–Crippen LogP) is 1.10. The SMILES string of the molecule is O=C(Cc1ccccc1)Nc1ccc([B]O)cc1. The molecule has 0 heterocycles. The minimum Gasteiger partial charge on any atom is -0.450 e. The summed E-state index contributed by atoms with van der Waals surface area (Å²) in [6.07, 6.45) is 0.356. The summed E-state index contributed by atoms with van der Waals surface area (Å²) in [5.41, 5.74) is 2.41. The van der Waals surface area contributed by atoms with E-state index in [1.54, 1.807) is 24.3 Å². The molecule has 0 atom stereocenters. The monoisotopic (exact) mass is 238 g/mol. The summed E-state index contributed by atoms with van der Waals surface area (Å²) in [6.45, 7) is 0. The Bertz CT molecular complexity index is 511. The molecule has 0 aliphatic rings. The van der Waals surface area contributed by atoms with E-state index >= 15 is 0 Å². The van der Waals surface area contributed by atoms with Crippen LogP contribution in [-0.4, -0.2) is 18.4 Å². The van der Waals surface area contributed by atoms with Crippen LogP contribution in [0.25, 0.3) is 0 Å². The molecular weight excluding hydrogens is 225 g/mol. The molecule has 0 saturated heterocycles. The Balaban J connectivity index is 1.94. The van der Waals surface area contributed by atoms with Gasteiger partial charge in [-0.05, 0) is 17.7 Å².